The quantitative estimate of drug-likeness (QED) is 0.703. The van der Waals surface area contributed by atoms with Crippen LogP contribution in [0.4, 0.5) is 4.39 Å². The molecule has 142 valence electrons. The SMILES string of the molecule is Cc1nc2c(nnn2C[C@H]2CCCN2S(=O)(=O)c2ccc(F)cc2)c(=O)[nH]1. The molecule has 2 aromatic heterocycles. The van der Waals surface area contributed by atoms with E-state index < -0.39 is 15.8 Å². The Kier molecular flexibility index (Phi) is 4.27. The van der Waals surface area contributed by atoms with Gasteiger partial charge in [0.2, 0.25) is 10.0 Å². The van der Waals surface area contributed by atoms with Crippen LogP contribution in [0.15, 0.2) is 34.0 Å². The molecule has 3 heterocycles. The van der Waals surface area contributed by atoms with Crippen LogP contribution in [-0.2, 0) is 16.6 Å². The Morgan fingerprint density at radius 3 is 2.78 bits per heavy atom. The van der Waals surface area contributed by atoms with Gasteiger partial charge in [0.25, 0.3) is 5.56 Å². The summed E-state index contributed by atoms with van der Waals surface area (Å²) in [5.41, 5.74) is 0.0554. The molecule has 1 aromatic carbocycles. The monoisotopic (exact) mass is 392 g/mol. The number of hydrogen-bond donors (Lipinski definition) is 1. The molecule has 1 aliphatic heterocycles. The molecule has 0 bridgehead atoms. The zero-order chi connectivity index (χ0) is 19.2. The minimum atomic E-state index is -3.76. The number of nitrogens with one attached hydrogen (secondary N) is 1. The molecule has 9 nitrogen and oxygen atoms in total. The van der Waals surface area contributed by atoms with Gasteiger partial charge in [-0.3, -0.25) is 4.79 Å². The number of aromatic nitrogens is 5. The fourth-order valence-electron chi connectivity index (χ4n) is 3.35. The molecule has 1 atom stereocenters. The summed E-state index contributed by atoms with van der Waals surface area (Å²) in [7, 11) is -3.76. The zero-order valence-electron chi connectivity index (χ0n) is 14.5. The Morgan fingerprint density at radius 1 is 1.30 bits per heavy atom. The molecule has 3 aromatic rings. The first-order valence-electron chi connectivity index (χ1n) is 8.44. The molecule has 27 heavy (non-hydrogen) atoms. The Hall–Kier alpha value is -2.66. The lowest BCUT2D eigenvalue weighted by molar-refractivity contribution is 0.341. The predicted octanol–water partition coefficient (Wildman–Crippen LogP) is 0.815. The Balaban J connectivity index is 1.66. The van der Waals surface area contributed by atoms with Crippen LogP contribution in [0, 0.1) is 12.7 Å². The van der Waals surface area contributed by atoms with Crippen molar-refractivity contribution in [2.45, 2.75) is 37.2 Å². The van der Waals surface area contributed by atoms with Crippen molar-refractivity contribution >= 4 is 21.2 Å². The summed E-state index contributed by atoms with van der Waals surface area (Å²) in [5, 5.41) is 7.83. The summed E-state index contributed by atoms with van der Waals surface area (Å²) in [6, 6.07) is 4.42. The summed E-state index contributed by atoms with van der Waals surface area (Å²) in [4.78, 5) is 18.8. The molecule has 4 rings (SSSR count). The average Bonchev–Trinajstić information content (AvgIpc) is 3.24. The minimum Gasteiger partial charge on any atom is -0.309 e. The van der Waals surface area contributed by atoms with E-state index in [9.17, 15) is 17.6 Å². The van der Waals surface area contributed by atoms with Gasteiger partial charge in [-0.25, -0.2) is 22.5 Å². The second-order valence-corrected chi connectivity index (χ2v) is 8.35. The van der Waals surface area contributed by atoms with E-state index in [0.29, 0.717) is 30.9 Å². The molecule has 0 unspecified atom stereocenters. The molecule has 0 radical (unpaired) electrons. The molecule has 1 N–H and O–H groups in total. The molecule has 1 aliphatic rings. The van der Waals surface area contributed by atoms with Crippen LogP contribution < -0.4 is 5.56 Å². The van der Waals surface area contributed by atoms with Crippen molar-refractivity contribution in [1.29, 1.82) is 0 Å². The number of hydrogen-bond acceptors (Lipinski definition) is 6. The van der Waals surface area contributed by atoms with E-state index in [1.807, 2.05) is 0 Å². The first-order valence-corrected chi connectivity index (χ1v) is 9.88. The van der Waals surface area contributed by atoms with E-state index in [-0.39, 0.29) is 28.6 Å². The summed E-state index contributed by atoms with van der Waals surface area (Å²) in [5.74, 6) is -0.0639. The summed E-state index contributed by atoms with van der Waals surface area (Å²) in [6.07, 6.45) is 1.34. The Morgan fingerprint density at radius 2 is 2.04 bits per heavy atom. The third-order valence-electron chi connectivity index (χ3n) is 4.62. The predicted molar refractivity (Wildman–Crippen MR) is 94.0 cm³/mol. The van der Waals surface area contributed by atoms with Gasteiger partial charge in [0.05, 0.1) is 11.4 Å². The van der Waals surface area contributed by atoms with Crippen molar-refractivity contribution in [2.75, 3.05) is 6.54 Å². The maximum absolute atomic E-state index is 13.1. The first kappa shape index (κ1) is 17.7. The van der Waals surface area contributed by atoms with E-state index in [2.05, 4.69) is 20.3 Å². The highest BCUT2D eigenvalue weighted by atomic mass is 32.2. The van der Waals surface area contributed by atoms with Crippen molar-refractivity contribution in [2.24, 2.45) is 0 Å². The van der Waals surface area contributed by atoms with E-state index in [4.69, 9.17) is 0 Å². The fourth-order valence-corrected chi connectivity index (χ4v) is 5.03. The highest BCUT2D eigenvalue weighted by Crippen LogP contribution is 2.27. The second kappa shape index (κ2) is 6.50. The highest BCUT2D eigenvalue weighted by molar-refractivity contribution is 7.89. The van der Waals surface area contributed by atoms with Gasteiger partial charge in [-0.2, -0.15) is 4.31 Å². The number of nitrogens with zero attached hydrogens (tertiary/aromatic N) is 5. The first-order chi connectivity index (χ1) is 12.9. The smallest absolute Gasteiger partial charge is 0.281 e. The molecule has 0 spiro atoms. The number of benzene rings is 1. The van der Waals surface area contributed by atoms with Gasteiger partial charge in [-0.1, -0.05) is 5.21 Å². The standard InChI is InChI=1S/C16H17FN6O3S/c1-10-18-15-14(16(24)19-10)20-21-22(15)9-12-3-2-8-23(12)27(25,26)13-6-4-11(17)5-7-13/h4-7,12H,2-3,8-9H2,1H3,(H,18,19,24)/t12-/m1/s1. The molecule has 1 saturated heterocycles. The number of sulfonamides is 1. The number of rotatable bonds is 4. The Bertz CT molecular complexity index is 1160. The maximum Gasteiger partial charge on any atom is 0.281 e. The van der Waals surface area contributed by atoms with Crippen LogP contribution in [0.5, 0.6) is 0 Å². The van der Waals surface area contributed by atoms with Gasteiger partial charge in [-0.15, -0.1) is 5.10 Å². The number of halogens is 1. The Labute approximate surface area is 153 Å². The number of aryl methyl sites for hydroxylation is 1. The lowest BCUT2D eigenvalue weighted by atomic mass is 10.2. The zero-order valence-corrected chi connectivity index (χ0v) is 15.3. The average molecular weight is 392 g/mol. The van der Waals surface area contributed by atoms with Gasteiger partial charge >= 0.3 is 0 Å². The topological polar surface area (TPSA) is 114 Å². The molecular weight excluding hydrogens is 375 g/mol. The normalized spacial score (nSPS) is 18.4. The van der Waals surface area contributed by atoms with Gasteiger partial charge in [-0.05, 0) is 44.0 Å². The van der Waals surface area contributed by atoms with Crippen LogP contribution in [0.25, 0.3) is 11.2 Å². The lowest BCUT2D eigenvalue weighted by Gasteiger charge is -2.24. The van der Waals surface area contributed by atoms with Crippen molar-refractivity contribution in [3.8, 4) is 0 Å². The van der Waals surface area contributed by atoms with Crippen LogP contribution in [0.3, 0.4) is 0 Å². The van der Waals surface area contributed by atoms with E-state index >= 15 is 0 Å². The van der Waals surface area contributed by atoms with Gasteiger partial charge in [0.1, 0.15) is 11.6 Å². The molecule has 0 saturated carbocycles. The maximum atomic E-state index is 13.1. The summed E-state index contributed by atoms with van der Waals surface area (Å²) in [6.45, 7) is 2.25. The molecule has 1 fully saturated rings. The van der Waals surface area contributed by atoms with Gasteiger partial charge < -0.3 is 4.98 Å². The van der Waals surface area contributed by atoms with E-state index in [0.717, 1.165) is 12.1 Å². The van der Waals surface area contributed by atoms with Crippen molar-refractivity contribution < 1.29 is 12.8 Å². The minimum absolute atomic E-state index is 0.0460. The third kappa shape index (κ3) is 3.12. The van der Waals surface area contributed by atoms with Crippen molar-refractivity contribution in [3.63, 3.8) is 0 Å². The van der Waals surface area contributed by atoms with Crippen LogP contribution in [0.2, 0.25) is 0 Å². The van der Waals surface area contributed by atoms with Crippen LogP contribution >= 0.6 is 0 Å². The van der Waals surface area contributed by atoms with Gasteiger partial charge in [0, 0.05) is 12.6 Å². The highest BCUT2D eigenvalue weighted by Gasteiger charge is 2.36. The fraction of sp³-hybridized carbons (Fsp3) is 0.375. The van der Waals surface area contributed by atoms with Gasteiger partial charge in [0.15, 0.2) is 11.2 Å². The lowest BCUT2D eigenvalue weighted by Crippen LogP contribution is -2.38. The van der Waals surface area contributed by atoms with E-state index in [1.165, 1.54) is 21.1 Å². The molecule has 0 aliphatic carbocycles. The third-order valence-corrected chi connectivity index (χ3v) is 6.59. The summed E-state index contributed by atoms with van der Waals surface area (Å²) >= 11 is 0. The molecule has 0 amide bonds. The number of fused-ring (bicyclic) bond motifs is 1. The van der Waals surface area contributed by atoms with Crippen molar-refractivity contribution in [1.82, 2.24) is 29.3 Å². The largest absolute Gasteiger partial charge is 0.309 e. The van der Waals surface area contributed by atoms with Crippen molar-refractivity contribution in [3.05, 3.63) is 46.3 Å². The molecule has 11 heteroatoms. The van der Waals surface area contributed by atoms with Crippen LogP contribution in [0.1, 0.15) is 18.7 Å². The van der Waals surface area contributed by atoms with Crippen LogP contribution in [-0.4, -0.2) is 50.3 Å². The second-order valence-electron chi connectivity index (χ2n) is 6.46. The number of aromatic amines is 1. The van der Waals surface area contributed by atoms with E-state index in [1.54, 1.807) is 6.92 Å². The summed E-state index contributed by atoms with van der Waals surface area (Å²) < 4.78 is 41.9. The number of H-pyrrole nitrogens is 1. The molecular formula is C16H17FN6O3S.